The summed E-state index contributed by atoms with van der Waals surface area (Å²) in [7, 11) is 0. The molecule has 4 amide bonds. The second-order valence-corrected chi connectivity index (χ2v) is 13.7. The molecule has 4 rings (SSSR count). The van der Waals surface area contributed by atoms with Crippen molar-refractivity contribution in [1.29, 1.82) is 0 Å². The maximum Gasteiger partial charge on any atom is 0.315 e. The van der Waals surface area contributed by atoms with E-state index in [9.17, 15) is 14.4 Å². The molecule has 11 nitrogen and oxygen atoms in total. The van der Waals surface area contributed by atoms with Crippen molar-refractivity contribution in [2.24, 2.45) is 0 Å². The number of nitrogens with one attached hydrogen (secondary N) is 4. The molecule has 48 heavy (non-hydrogen) atoms. The zero-order valence-electron chi connectivity index (χ0n) is 28.2. The fourth-order valence-corrected chi connectivity index (χ4v) is 7.38. The van der Waals surface area contributed by atoms with Gasteiger partial charge in [0.15, 0.2) is 0 Å². The Bertz CT molecular complexity index is 1180. The monoisotopic (exact) mass is 686 g/mol. The lowest BCUT2D eigenvalue weighted by Crippen LogP contribution is -2.36. The highest BCUT2D eigenvalue weighted by molar-refractivity contribution is 8.00. The van der Waals surface area contributed by atoms with E-state index in [1.54, 1.807) is 0 Å². The molecule has 1 unspecified atom stereocenters. The second-order valence-electron chi connectivity index (χ2n) is 12.4. The zero-order valence-corrected chi connectivity index (χ0v) is 29.1. The first-order valence-electron chi connectivity index (χ1n) is 17.7. The Balaban J connectivity index is 0.871. The molecule has 0 bridgehead atoms. The van der Waals surface area contributed by atoms with Gasteiger partial charge in [0.2, 0.25) is 5.91 Å². The van der Waals surface area contributed by atoms with E-state index in [1.807, 2.05) is 36.0 Å². The number of ether oxygens (including phenoxy) is 4. The Kier molecular flexibility index (Phi) is 18.0. The van der Waals surface area contributed by atoms with E-state index in [0.717, 1.165) is 62.7 Å². The first-order chi connectivity index (χ1) is 23.6. The van der Waals surface area contributed by atoms with Crippen LogP contribution in [0.3, 0.4) is 0 Å². The van der Waals surface area contributed by atoms with Crippen LogP contribution >= 0.6 is 11.8 Å². The van der Waals surface area contributed by atoms with Crippen molar-refractivity contribution in [3.8, 4) is 11.8 Å². The van der Waals surface area contributed by atoms with Gasteiger partial charge in [0.05, 0.1) is 45.1 Å². The van der Waals surface area contributed by atoms with Gasteiger partial charge in [0, 0.05) is 55.7 Å². The summed E-state index contributed by atoms with van der Waals surface area (Å²) >= 11 is 1.91. The third-order valence-corrected chi connectivity index (χ3v) is 10.1. The van der Waals surface area contributed by atoms with E-state index in [4.69, 9.17) is 18.9 Å². The normalized spacial score (nSPS) is 21.6. The van der Waals surface area contributed by atoms with E-state index in [0.29, 0.717) is 76.6 Å². The average Bonchev–Trinajstić information content (AvgIpc) is 3.63. The van der Waals surface area contributed by atoms with Gasteiger partial charge in [-0.2, -0.15) is 11.8 Å². The quantitative estimate of drug-likeness (QED) is 0.0773. The fraction of sp³-hybridized carbons (Fsp3) is 0.694. The molecular weight excluding hydrogens is 632 g/mol. The number of hydrogen-bond donors (Lipinski definition) is 4. The van der Waals surface area contributed by atoms with Crippen LogP contribution < -0.4 is 21.3 Å². The van der Waals surface area contributed by atoms with Crippen LogP contribution in [0.1, 0.15) is 86.6 Å². The molecule has 2 saturated heterocycles. The van der Waals surface area contributed by atoms with Gasteiger partial charge < -0.3 is 40.2 Å². The number of carbonyl (C=O) groups is 3. The Morgan fingerprint density at radius 3 is 2.35 bits per heavy atom. The fourth-order valence-electron chi connectivity index (χ4n) is 5.84. The lowest BCUT2D eigenvalue weighted by Gasteiger charge is -2.16. The molecule has 1 aromatic carbocycles. The van der Waals surface area contributed by atoms with Crippen LogP contribution in [0.15, 0.2) is 24.3 Å². The molecule has 4 atom stereocenters. The largest absolute Gasteiger partial charge is 0.379 e. The number of thioether (sulfide) groups is 1. The summed E-state index contributed by atoms with van der Waals surface area (Å²) in [5, 5.41) is 12.3. The Hall–Kier alpha value is -2.82. The van der Waals surface area contributed by atoms with Gasteiger partial charge >= 0.3 is 6.03 Å². The number of rotatable bonds is 23. The number of fused-ring (bicyclic) bond motifs is 1. The van der Waals surface area contributed by atoms with E-state index >= 15 is 0 Å². The summed E-state index contributed by atoms with van der Waals surface area (Å²) in [5.41, 5.74) is 1.67. The maximum atomic E-state index is 12.4. The molecule has 0 aromatic heterocycles. The van der Waals surface area contributed by atoms with Crippen molar-refractivity contribution in [3.05, 3.63) is 35.4 Å². The summed E-state index contributed by atoms with van der Waals surface area (Å²) in [5.74, 6) is 7.38. The van der Waals surface area contributed by atoms with Crippen LogP contribution in [0.2, 0.25) is 0 Å². The van der Waals surface area contributed by atoms with Crippen LogP contribution in [0.5, 0.6) is 0 Å². The molecule has 266 valence electrons. The molecule has 0 radical (unpaired) electrons. The predicted octanol–water partition coefficient (Wildman–Crippen LogP) is 3.94. The van der Waals surface area contributed by atoms with E-state index in [-0.39, 0.29) is 36.0 Å². The average molecular weight is 687 g/mol. The topological polar surface area (TPSA) is 136 Å². The Morgan fingerprint density at radius 2 is 1.58 bits per heavy atom. The molecule has 3 aliphatic rings. The van der Waals surface area contributed by atoms with E-state index < -0.39 is 0 Å². The minimum atomic E-state index is -0.0951. The predicted molar refractivity (Wildman–Crippen MR) is 187 cm³/mol. The standard InChI is InChI=1S/C36H54N4O7S/c41-33(13-7-6-12-32-34-31(27-48-32)39-36(43)40-34)37-18-8-20-44-22-24-46-25-23-45-21-9-19-38-35(42)29-16-14-28(15-17-29)26-47-30-10-4-2-1-3-5-11-30/h14-17,30-32,34H,1-4,6-10,12-13,18-27H2,(H,37,41)(H,38,42)(H2,39,40,43)/t30?,31-,32-,34-/m0/s1. The van der Waals surface area contributed by atoms with Gasteiger partial charge in [0.1, 0.15) is 6.10 Å². The number of hydrogen-bond acceptors (Lipinski definition) is 8. The molecule has 0 spiro atoms. The second kappa shape index (κ2) is 22.7. The molecule has 4 N–H and O–H groups in total. The molecular formula is C36H54N4O7S. The first kappa shape index (κ1) is 38.0. The summed E-state index contributed by atoms with van der Waals surface area (Å²) in [6.45, 7) is 4.73. The Morgan fingerprint density at radius 1 is 0.854 bits per heavy atom. The summed E-state index contributed by atoms with van der Waals surface area (Å²) in [4.78, 5) is 36.0. The number of unbranched alkanes of at least 4 members (excludes halogenated alkanes) is 1. The lowest BCUT2D eigenvalue weighted by atomic mass is 10.0. The van der Waals surface area contributed by atoms with Gasteiger partial charge in [-0.05, 0) is 62.6 Å². The SMILES string of the molecule is O=C(CCCC[C@@H]1SC[C@@H]2NC(=O)N[C@@H]21)NCCCOCCOCCOCCCNC(=O)c1ccc(COC2C#CCCCCC2)cc1. The van der Waals surface area contributed by atoms with Gasteiger partial charge in [-0.1, -0.05) is 30.9 Å². The molecule has 1 aliphatic carbocycles. The third-order valence-electron chi connectivity index (χ3n) is 8.56. The number of carbonyl (C=O) groups excluding carboxylic acids is 3. The number of amides is 4. The van der Waals surface area contributed by atoms with Crippen molar-refractivity contribution in [2.75, 3.05) is 58.5 Å². The number of urea groups is 1. The molecule has 2 heterocycles. The summed E-state index contributed by atoms with van der Waals surface area (Å²) < 4.78 is 22.7. The molecule has 1 aromatic rings. The molecule has 12 heteroatoms. The molecule has 2 aliphatic heterocycles. The van der Waals surface area contributed by atoms with Gasteiger partial charge in [-0.15, -0.1) is 5.92 Å². The van der Waals surface area contributed by atoms with Crippen LogP contribution in [0.25, 0.3) is 0 Å². The number of benzene rings is 1. The van der Waals surface area contributed by atoms with Gasteiger partial charge in [-0.25, -0.2) is 4.79 Å². The van der Waals surface area contributed by atoms with Crippen molar-refractivity contribution in [2.45, 2.75) is 101 Å². The third kappa shape index (κ3) is 14.7. The van der Waals surface area contributed by atoms with Crippen molar-refractivity contribution in [1.82, 2.24) is 21.3 Å². The highest BCUT2D eigenvalue weighted by Crippen LogP contribution is 2.33. The van der Waals surface area contributed by atoms with Gasteiger partial charge in [-0.3, -0.25) is 9.59 Å². The molecule has 2 fully saturated rings. The minimum absolute atomic E-state index is 0.000135. The van der Waals surface area contributed by atoms with Crippen LogP contribution in [-0.4, -0.2) is 99.8 Å². The van der Waals surface area contributed by atoms with Crippen LogP contribution in [-0.2, 0) is 30.3 Å². The van der Waals surface area contributed by atoms with Crippen molar-refractivity contribution < 1.29 is 33.3 Å². The zero-order chi connectivity index (χ0) is 33.7. The highest BCUT2D eigenvalue weighted by Gasteiger charge is 2.42. The minimum Gasteiger partial charge on any atom is -0.379 e. The van der Waals surface area contributed by atoms with Gasteiger partial charge in [0.25, 0.3) is 5.91 Å². The Labute approximate surface area is 290 Å². The summed E-state index contributed by atoms with van der Waals surface area (Å²) in [6.07, 6.45) is 10.4. The summed E-state index contributed by atoms with van der Waals surface area (Å²) in [6, 6.07) is 7.96. The highest BCUT2D eigenvalue weighted by atomic mass is 32.2. The van der Waals surface area contributed by atoms with Crippen molar-refractivity contribution >= 4 is 29.6 Å². The van der Waals surface area contributed by atoms with Crippen molar-refractivity contribution in [3.63, 3.8) is 0 Å². The van der Waals surface area contributed by atoms with E-state index in [1.165, 1.54) is 12.8 Å². The lowest BCUT2D eigenvalue weighted by molar-refractivity contribution is -0.121. The molecule has 0 saturated carbocycles. The van der Waals surface area contributed by atoms with Crippen LogP contribution in [0.4, 0.5) is 4.79 Å². The van der Waals surface area contributed by atoms with Crippen LogP contribution in [0, 0.1) is 11.8 Å². The van der Waals surface area contributed by atoms with E-state index in [2.05, 4.69) is 33.1 Å². The maximum absolute atomic E-state index is 12.4. The first-order valence-corrected chi connectivity index (χ1v) is 18.8. The smallest absolute Gasteiger partial charge is 0.315 e.